The van der Waals surface area contributed by atoms with Gasteiger partial charge in [-0.3, -0.25) is 0 Å². The van der Waals surface area contributed by atoms with E-state index in [0.717, 1.165) is 23.3 Å². The summed E-state index contributed by atoms with van der Waals surface area (Å²) < 4.78 is 7.37. The van der Waals surface area contributed by atoms with Gasteiger partial charge in [-0.05, 0) is 40.1 Å². The molecule has 1 heterocycles. The van der Waals surface area contributed by atoms with Gasteiger partial charge >= 0.3 is 0 Å². The standard InChI is InChI=1S/C14H22N4O/c1-14(2,17(3)4)9-18-10-7-6-8-11(19-5)12(10)16-13(18)15/h6-8H,9H2,1-5H3,(H2,15,16). The van der Waals surface area contributed by atoms with E-state index in [1.165, 1.54) is 0 Å². The highest BCUT2D eigenvalue weighted by atomic mass is 16.5. The Bertz CT molecular complexity index is 586. The number of fused-ring (bicyclic) bond motifs is 1. The van der Waals surface area contributed by atoms with Crippen molar-refractivity contribution in [3.63, 3.8) is 0 Å². The van der Waals surface area contributed by atoms with Crippen molar-refractivity contribution < 1.29 is 4.74 Å². The molecular formula is C14H22N4O. The zero-order chi connectivity index (χ0) is 14.2. The quantitative estimate of drug-likeness (QED) is 0.915. The molecule has 2 aromatic rings. The van der Waals surface area contributed by atoms with E-state index in [1.54, 1.807) is 7.11 Å². The lowest BCUT2D eigenvalue weighted by atomic mass is 10.0. The Balaban J connectivity index is 2.53. The summed E-state index contributed by atoms with van der Waals surface area (Å²) >= 11 is 0. The van der Waals surface area contributed by atoms with Gasteiger partial charge < -0.3 is 19.9 Å². The van der Waals surface area contributed by atoms with Gasteiger partial charge in [0.2, 0.25) is 5.95 Å². The molecule has 0 bridgehead atoms. The van der Waals surface area contributed by atoms with Crippen molar-refractivity contribution in [3.05, 3.63) is 18.2 Å². The summed E-state index contributed by atoms with van der Waals surface area (Å²) in [5.74, 6) is 1.28. The number of aromatic nitrogens is 2. The highest BCUT2D eigenvalue weighted by Crippen LogP contribution is 2.28. The second-order valence-electron chi connectivity index (χ2n) is 5.59. The summed E-state index contributed by atoms with van der Waals surface area (Å²) in [5.41, 5.74) is 7.88. The maximum Gasteiger partial charge on any atom is 0.201 e. The summed E-state index contributed by atoms with van der Waals surface area (Å²) in [7, 11) is 5.78. The zero-order valence-corrected chi connectivity index (χ0v) is 12.3. The van der Waals surface area contributed by atoms with Crippen molar-refractivity contribution in [2.24, 2.45) is 0 Å². The third-order valence-corrected chi connectivity index (χ3v) is 3.75. The van der Waals surface area contributed by atoms with Crippen LogP contribution in [0.3, 0.4) is 0 Å². The van der Waals surface area contributed by atoms with Crippen molar-refractivity contribution in [2.45, 2.75) is 25.9 Å². The average molecular weight is 262 g/mol. The number of methoxy groups -OCH3 is 1. The fraction of sp³-hybridized carbons (Fsp3) is 0.500. The predicted octanol–water partition coefficient (Wildman–Crippen LogP) is 1.97. The molecule has 2 N–H and O–H groups in total. The van der Waals surface area contributed by atoms with Crippen LogP contribution in [0.25, 0.3) is 11.0 Å². The molecule has 5 heteroatoms. The third kappa shape index (κ3) is 2.38. The van der Waals surface area contributed by atoms with Crippen molar-refractivity contribution >= 4 is 17.0 Å². The SMILES string of the molecule is COc1cccc2c1nc(N)n2CC(C)(C)N(C)C. The molecule has 0 atom stereocenters. The monoisotopic (exact) mass is 262 g/mol. The summed E-state index contributed by atoms with van der Waals surface area (Å²) in [4.78, 5) is 6.60. The molecule has 0 unspecified atom stereocenters. The van der Waals surface area contributed by atoms with E-state index in [1.807, 2.05) is 22.8 Å². The Labute approximate surface area is 114 Å². The van der Waals surface area contributed by atoms with Gasteiger partial charge in [0, 0.05) is 12.1 Å². The molecule has 0 aliphatic carbocycles. The largest absolute Gasteiger partial charge is 0.494 e. The molecule has 0 saturated carbocycles. The van der Waals surface area contributed by atoms with Crippen LogP contribution in [-0.2, 0) is 6.54 Å². The number of para-hydroxylation sites is 1. The number of nitrogens with zero attached hydrogens (tertiary/aromatic N) is 3. The molecular weight excluding hydrogens is 240 g/mol. The van der Waals surface area contributed by atoms with Gasteiger partial charge in [-0.1, -0.05) is 6.07 Å². The van der Waals surface area contributed by atoms with Gasteiger partial charge in [-0.25, -0.2) is 4.98 Å². The number of ether oxygens (including phenoxy) is 1. The van der Waals surface area contributed by atoms with E-state index in [2.05, 4.69) is 37.8 Å². The number of nitrogens with two attached hydrogens (primary N) is 1. The molecule has 19 heavy (non-hydrogen) atoms. The van der Waals surface area contributed by atoms with Gasteiger partial charge in [0.15, 0.2) is 0 Å². The number of likely N-dealkylation sites (N-methyl/N-ethyl adjacent to an activating group) is 1. The Hall–Kier alpha value is -1.75. The molecule has 0 radical (unpaired) electrons. The molecule has 5 nitrogen and oxygen atoms in total. The van der Waals surface area contributed by atoms with E-state index >= 15 is 0 Å². The van der Waals surface area contributed by atoms with Crippen LogP contribution >= 0.6 is 0 Å². The Morgan fingerprint density at radius 2 is 2.05 bits per heavy atom. The first-order valence-electron chi connectivity index (χ1n) is 6.33. The van der Waals surface area contributed by atoms with Crippen molar-refractivity contribution in [2.75, 3.05) is 26.9 Å². The van der Waals surface area contributed by atoms with Crippen LogP contribution in [0.4, 0.5) is 5.95 Å². The smallest absolute Gasteiger partial charge is 0.201 e. The summed E-state index contributed by atoms with van der Waals surface area (Å²) in [6.07, 6.45) is 0. The highest BCUT2D eigenvalue weighted by Gasteiger charge is 2.24. The van der Waals surface area contributed by atoms with Crippen molar-refractivity contribution in [1.82, 2.24) is 14.5 Å². The van der Waals surface area contributed by atoms with Gasteiger partial charge in [-0.2, -0.15) is 0 Å². The lowest BCUT2D eigenvalue weighted by Gasteiger charge is -2.33. The molecule has 0 aliphatic rings. The molecule has 0 amide bonds. The maximum atomic E-state index is 6.06. The third-order valence-electron chi connectivity index (χ3n) is 3.75. The Morgan fingerprint density at radius 1 is 1.37 bits per heavy atom. The van der Waals surface area contributed by atoms with Crippen LogP contribution in [0.15, 0.2) is 18.2 Å². The number of imidazole rings is 1. The van der Waals surface area contributed by atoms with E-state index in [4.69, 9.17) is 10.5 Å². The average Bonchev–Trinajstić information content (AvgIpc) is 2.65. The summed E-state index contributed by atoms with van der Waals surface area (Å²) in [5, 5.41) is 0. The van der Waals surface area contributed by atoms with E-state index < -0.39 is 0 Å². The topological polar surface area (TPSA) is 56.3 Å². The fourth-order valence-corrected chi connectivity index (χ4v) is 2.00. The molecule has 0 spiro atoms. The van der Waals surface area contributed by atoms with Gasteiger partial charge in [-0.15, -0.1) is 0 Å². The lowest BCUT2D eigenvalue weighted by Crippen LogP contribution is -2.42. The van der Waals surface area contributed by atoms with E-state index in [-0.39, 0.29) is 5.54 Å². The Morgan fingerprint density at radius 3 is 2.63 bits per heavy atom. The normalized spacial score (nSPS) is 12.3. The van der Waals surface area contributed by atoms with Crippen LogP contribution in [-0.4, -0.2) is 41.2 Å². The van der Waals surface area contributed by atoms with Crippen LogP contribution in [0.5, 0.6) is 5.75 Å². The molecule has 0 aliphatic heterocycles. The van der Waals surface area contributed by atoms with Crippen LogP contribution in [0, 0.1) is 0 Å². The highest BCUT2D eigenvalue weighted by molar-refractivity contribution is 5.84. The van der Waals surface area contributed by atoms with Gasteiger partial charge in [0.05, 0.1) is 12.6 Å². The second kappa shape index (κ2) is 4.74. The van der Waals surface area contributed by atoms with Gasteiger partial charge in [0.1, 0.15) is 11.3 Å². The Kier molecular flexibility index (Phi) is 3.41. The number of benzene rings is 1. The zero-order valence-electron chi connectivity index (χ0n) is 12.3. The van der Waals surface area contributed by atoms with Crippen LogP contribution < -0.4 is 10.5 Å². The predicted molar refractivity (Wildman–Crippen MR) is 78.5 cm³/mol. The first kappa shape index (κ1) is 13.7. The molecule has 104 valence electrons. The summed E-state index contributed by atoms with van der Waals surface area (Å²) in [6, 6.07) is 5.88. The molecule has 1 aromatic carbocycles. The van der Waals surface area contributed by atoms with E-state index in [9.17, 15) is 0 Å². The summed E-state index contributed by atoms with van der Waals surface area (Å²) in [6.45, 7) is 5.13. The first-order valence-corrected chi connectivity index (χ1v) is 6.33. The molecule has 1 aromatic heterocycles. The minimum absolute atomic E-state index is 0.00910. The first-order chi connectivity index (χ1) is 8.86. The lowest BCUT2D eigenvalue weighted by molar-refractivity contribution is 0.172. The minimum Gasteiger partial charge on any atom is -0.494 e. The molecule has 0 fully saturated rings. The number of hydrogen-bond donors (Lipinski definition) is 1. The van der Waals surface area contributed by atoms with Crippen molar-refractivity contribution in [3.8, 4) is 5.75 Å². The number of nitrogen functional groups attached to an aromatic ring is 1. The molecule has 0 saturated heterocycles. The maximum absolute atomic E-state index is 6.06. The minimum atomic E-state index is -0.00910. The number of rotatable bonds is 4. The number of anilines is 1. The van der Waals surface area contributed by atoms with Gasteiger partial charge in [0.25, 0.3) is 0 Å². The van der Waals surface area contributed by atoms with E-state index in [0.29, 0.717) is 5.95 Å². The molecule has 2 rings (SSSR count). The van der Waals surface area contributed by atoms with Crippen LogP contribution in [0.2, 0.25) is 0 Å². The second-order valence-corrected chi connectivity index (χ2v) is 5.59. The van der Waals surface area contributed by atoms with Crippen LogP contribution in [0.1, 0.15) is 13.8 Å². The van der Waals surface area contributed by atoms with Crippen molar-refractivity contribution in [1.29, 1.82) is 0 Å². The number of hydrogen-bond acceptors (Lipinski definition) is 4. The fourth-order valence-electron chi connectivity index (χ4n) is 2.00.